The minimum absolute atomic E-state index is 0.0777. The molecule has 0 radical (unpaired) electrons. The maximum atomic E-state index is 12.3. The third kappa shape index (κ3) is 9.28. The van der Waals surface area contributed by atoms with Crippen LogP contribution in [0.1, 0.15) is 105 Å². The Hall–Kier alpha value is -1.93. The van der Waals surface area contributed by atoms with E-state index in [-0.39, 0.29) is 5.92 Å². The molecular formula is C30H50O2. The van der Waals surface area contributed by atoms with E-state index in [1.165, 1.54) is 33.4 Å². The van der Waals surface area contributed by atoms with Gasteiger partial charge in [-0.25, -0.2) is 0 Å². The van der Waals surface area contributed by atoms with E-state index in [0.717, 1.165) is 30.3 Å². The molecule has 2 heteroatoms. The molecule has 1 rings (SSSR count). The highest BCUT2D eigenvalue weighted by Crippen LogP contribution is 2.39. The number of carbonyl (C=O) groups excluding carboxylic acids is 1. The van der Waals surface area contributed by atoms with Crippen molar-refractivity contribution in [3.05, 3.63) is 68.8 Å². The summed E-state index contributed by atoms with van der Waals surface area (Å²) in [7, 11) is 0. The van der Waals surface area contributed by atoms with E-state index in [2.05, 4.69) is 72.7 Å². The lowest BCUT2D eigenvalue weighted by Gasteiger charge is -2.27. The second kappa shape index (κ2) is 18.6. The summed E-state index contributed by atoms with van der Waals surface area (Å²) in [4.78, 5) is 12.3. The summed E-state index contributed by atoms with van der Waals surface area (Å²) < 4.78 is 5.91. The van der Waals surface area contributed by atoms with E-state index in [0.29, 0.717) is 13.2 Å². The van der Waals surface area contributed by atoms with Gasteiger partial charge in [-0.05, 0) is 82.2 Å². The Morgan fingerprint density at radius 1 is 1.00 bits per heavy atom. The third-order valence-electron chi connectivity index (χ3n) is 5.70. The lowest BCUT2D eigenvalue weighted by molar-refractivity contribution is -0.105. The summed E-state index contributed by atoms with van der Waals surface area (Å²) >= 11 is 0. The van der Waals surface area contributed by atoms with Gasteiger partial charge >= 0.3 is 0 Å². The van der Waals surface area contributed by atoms with Gasteiger partial charge in [0.05, 0.1) is 6.61 Å². The predicted octanol–water partition coefficient (Wildman–Crippen LogP) is 9.07. The molecule has 0 aliphatic carbocycles. The fourth-order valence-corrected chi connectivity index (χ4v) is 3.82. The lowest BCUT2D eigenvalue weighted by Crippen LogP contribution is -2.17. The highest BCUT2D eigenvalue weighted by molar-refractivity contribution is 5.79. The van der Waals surface area contributed by atoms with Gasteiger partial charge < -0.3 is 4.74 Å². The van der Waals surface area contributed by atoms with Crippen LogP contribution in [0.25, 0.3) is 0 Å². The molecule has 0 amide bonds. The molecule has 0 fully saturated rings. The normalized spacial score (nSPS) is 13.6. The maximum Gasteiger partial charge on any atom is 0.146 e. The molecule has 1 atom stereocenters. The smallest absolute Gasteiger partial charge is 0.146 e. The van der Waals surface area contributed by atoms with Crippen LogP contribution in [0.2, 0.25) is 0 Å². The van der Waals surface area contributed by atoms with Gasteiger partial charge in [0, 0.05) is 18.1 Å². The second-order valence-corrected chi connectivity index (χ2v) is 7.45. The Balaban J connectivity index is 0. The monoisotopic (exact) mass is 442 g/mol. The molecule has 0 spiro atoms. The quantitative estimate of drug-likeness (QED) is 0.205. The van der Waals surface area contributed by atoms with Crippen molar-refractivity contribution in [1.29, 1.82) is 0 Å². The van der Waals surface area contributed by atoms with Crippen molar-refractivity contribution in [2.75, 3.05) is 13.2 Å². The highest BCUT2D eigenvalue weighted by Gasteiger charge is 2.26. The van der Waals surface area contributed by atoms with Crippen molar-refractivity contribution in [3.8, 4) is 0 Å². The first kappa shape index (κ1) is 32.3. The van der Waals surface area contributed by atoms with Crippen LogP contribution in [0.3, 0.4) is 0 Å². The van der Waals surface area contributed by atoms with Gasteiger partial charge in [0.25, 0.3) is 0 Å². The van der Waals surface area contributed by atoms with Crippen molar-refractivity contribution in [2.45, 2.75) is 102 Å². The molecule has 0 N–H and O–H groups in total. The van der Waals surface area contributed by atoms with Crippen LogP contribution in [-0.2, 0) is 9.53 Å². The molecule has 1 aromatic carbocycles. The fourth-order valence-electron chi connectivity index (χ4n) is 3.82. The molecule has 0 aliphatic rings. The van der Waals surface area contributed by atoms with E-state index >= 15 is 0 Å². The number of allylic oxidation sites excluding steroid dienone is 5. The number of ether oxygens (including phenoxy) is 1. The van der Waals surface area contributed by atoms with Crippen molar-refractivity contribution in [2.24, 2.45) is 0 Å². The number of aryl methyl sites for hydroxylation is 2. The topological polar surface area (TPSA) is 26.3 Å². The summed E-state index contributed by atoms with van der Waals surface area (Å²) in [5.41, 5.74) is 9.40. The van der Waals surface area contributed by atoms with Crippen molar-refractivity contribution < 1.29 is 9.53 Å². The number of benzene rings is 1. The molecule has 0 bridgehead atoms. The van der Waals surface area contributed by atoms with Crippen LogP contribution in [0.15, 0.2) is 52.1 Å². The Bertz CT molecular complexity index is 763. The van der Waals surface area contributed by atoms with Gasteiger partial charge in [0.1, 0.15) is 6.29 Å². The van der Waals surface area contributed by atoms with Crippen LogP contribution >= 0.6 is 0 Å². The van der Waals surface area contributed by atoms with E-state index in [4.69, 9.17) is 4.74 Å². The molecule has 182 valence electrons. The molecule has 0 aliphatic heterocycles. The Morgan fingerprint density at radius 3 is 2.00 bits per heavy atom. The number of hydrogen-bond acceptors (Lipinski definition) is 2. The predicted molar refractivity (Wildman–Crippen MR) is 144 cm³/mol. The van der Waals surface area contributed by atoms with Crippen molar-refractivity contribution in [1.82, 2.24) is 0 Å². The molecular weight excluding hydrogens is 392 g/mol. The molecule has 1 aromatic rings. The van der Waals surface area contributed by atoms with Gasteiger partial charge in [-0.2, -0.15) is 0 Å². The molecule has 0 aromatic heterocycles. The van der Waals surface area contributed by atoms with Gasteiger partial charge in [-0.15, -0.1) is 0 Å². The van der Waals surface area contributed by atoms with Gasteiger partial charge in [0.15, 0.2) is 0 Å². The molecule has 0 saturated carbocycles. The second-order valence-electron chi connectivity index (χ2n) is 7.45. The summed E-state index contributed by atoms with van der Waals surface area (Å²) in [5, 5.41) is 0. The van der Waals surface area contributed by atoms with Gasteiger partial charge in [-0.1, -0.05) is 77.0 Å². The average molecular weight is 443 g/mol. The number of carbonyl (C=O) groups is 1. The van der Waals surface area contributed by atoms with Crippen LogP contribution in [0, 0.1) is 13.8 Å². The highest BCUT2D eigenvalue weighted by atomic mass is 16.5. The number of hydrogen-bond donors (Lipinski definition) is 0. The number of aldehydes is 1. The third-order valence-corrected chi connectivity index (χ3v) is 5.70. The van der Waals surface area contributed by atoms with Crippen LogP contribution in [0.4, 0.5) is 0 Å². The van der Waals surface area contributed by atoms with E-state index in [1.54, 1.807) is 0 Å². The van der Waals surface area contributed by atoms with Crippen molar-refractivity contribution >= 4 is 6.29 Å². The standard InChI is InChI=1S/C26H38O2.2C2H6/c1-9-19(6)24(16-27)26(23-14-13-18(5)15-20(23)7)25(17-28-12-4)21(8)22(10-2)11-3;2*1-2/h10,13-16,26H,9,11-12,17H2,1-8H3;2*1-2H3/b22-10-,24-19+,25-21+;;/t26-;;/m1../s1. The largest absolute Gasteiger partial charge is 0.377 e. The minimum Gasteiger partial charge on any atom is -0.377 e. The van der Waals surface area contributed by atoms with Gasteiger partial charge in [-0.3, -0.25) is 4.79 Å². The molecule has 0 unspecified atom stereocenters. The summed E-state index contributed by atoms with van der Waals surface area (Å²) in [6.45, 7) is 26.1. The van der Waals surface area contributed by atoms with Crippen LogP contribution < -0.4 is 0 Å². The Kier molecular flexibility index (Phi) is 18.8. The summed E-state index contributed by atoms with van der Waals surface area (Å²) in [6, 6.07) is 6.53. The van der Waals surface area contributed by atoms with E-state index in [9.17, 15) is 4.79 Å². The zero-order valence-corrected chi connectivity index (χ0v) is 23.1. The molecule has 0 heterocycles. The zero-order chi connectivity index (χ0) is 25.3. The number of rotatable bonds is 10. The molecule has 0 saturated heterocycles. The average Bonchev–Trinajstić information content (AvgIpc) is 2.82. The molecule has 2 nitrogen and oxygen atoms in total. The van der Waals surface area contributed by atoms with Crippen LogP contribution in [0.5, 0.6) is 0 Å². The summed E-state index contributed by atoms with van der Waals surface area (Å²) in [6.07, 6.45) is 5.06. The van der Waals surface area contributed by atoms with E-state index < -0.39 is 0 Å². The molecule has 32 heavy (non-hydrogen) atoms. The minimum atomic E-state index is -0.0777. The zero-order valence-electron chi connectivity index (χ0n) is 23.1. The summed E-state index contributed by atoms with van der Waals surface area (Å²) in [5.74, 6) is -0.0777. The first-order valence-corrected chi connectivity index (χ1v) is 12.5. The van der Waals surface area contributed by atoms with Gasteiger partial charge in [0.2, 0.25) is 0 Å². The van der Waals surface area contributed by atoms with Crippen molar-refractivity contribution in [3.63, 3.8) is 0 Å². The maximum absolute atomic E-state index is 12.3. The van der Waals surface area contributed by atoms with Crippen LogP contribution in [-0.4, -0.2) is 19.5 Å². The Labute approximate surface area is 199 Å². The first-order valence-electron chi connectivity index (χ1n) is 12.5. The fraction of sp³-hybridized carbons (Fsp3) is 0.567. The Morgan fingerprint density at radius 2 is 1.59 bits per heavy atom. The SMILES string of the molecule is C/C=C(CC)\C(C)=C(/COCC)[C@@H](/C(C=O)=C(\C)CC)c1ccc(C)cc1C.CC.CC. The van der Waals surface area contributed by atoms with E-state index in [1.807, 2.05) is 34.6 Å². The first-order chi connectivity index (χ1) is 15.4. The lowest BCUT2D eigenvalue weighted by atomic mass is 9.78.